The van der Waals surface area contributed by atoms with Crippen LogP contribution in [0.4, 0.5) is 0 Å². The molecular formula is C17H25N3O. The van der Waals surface area contributed by atoms with Gasteiger partial charge in [-0.15, -0.1) is 0 Å². The van der Waals surface area contributed by atoms with Crippen LogP contribution in [-0.4, -0.2) is 55.0 Å². The number of rotatable bonds is 4. The predicted octanol–water partition coefficient (Wildman–Crippen LogP) is 1.26. The van der Waals surface area contributed by atoms with E-state index in [0.717, 1.165) is 26.1 Å². The summed E-state index contributed by atoms with van der Waals surface area (Å²) in [4.78, 5) is 16.9. The number of fused-ring (bicyclic) bond motifs is 1. The Balaban J connectivity index is 1.53. The maximum absolute atomic E-state index is 12.6. The number of nitrogens with zero attached hydrogens (tertiary/aromatic N) is 2. The highest BCUT2D eigenvalue weighted by molar-refractivity contribution is 5.82. The average Bonchev–Trinajstić information content (AvgIpc) is 3.05. The SMILES string of the molecule is CN(CCN1CCCC1)C(=O)[C@H]1Cc2ccccc2CN1. The first kappa shape index (κ1) is 14.5. The number of amides is 1. The van der Waals surface area contributed by atoms with Crippen LogP contribution in [0.1, 0.15) is 24.0 Å². The minimum Gasteiger partial charge on any atom is -0.343 e. The van der Waals surface area contributed by atoms with Gasteiger partial charge in [-0.3, -0.25) is 4.79 Å². The zero-order chi connectivity index (χ0) is 14.7. The maximum Gasteiger partial charge on any atom is 0.239 e. The summed E-state index contributed by atoms with van der Waals surface area (Å²) in [5.41, 5.74) is 2.63. The summed E-state index contributed by atoms with van der Waals surface area (Å²) >= 11 is 0. The van der Waals surface area contributed by atoms with Gasteiger partial charge in [-0.2, -0.15) is 0 Å². The summed E-state index contributed by atoms with van der Waals surface area (Å²) in [6, 6.07) is 8.33. The van der Waals surface area contributed by atoms with Crippen LogP contribution in [0.2, 0.25) is 0 Å². The summed E-state index contributed by atoms with van der Waals surface area (Å²) in [6.07, 6.45) is 3.42. The second kappa shape index (κ2) is 6.58. The number of nitrogens with one attached hydrogen (secondary N) is 1. The second-order valence-corrected chi connectivity index (χ2v) is 6.21. The Morgan fingerprint density at radius 3 is 2.76 bits per heavy atom. The number of carbonyl (C=O) groups excluding carboxylic acids is 1. The predicted molar refractivity (Wildman–Crippen MR) is 84.1 cm³/mol. The first-order valence-corrected chi connectivity index (χ1v) is 8.01. The maximum atomic E-state index is 12.6. The Bertz CT molecular complexity index is 497. The lowest BCUT2D eigenvalue weighted by Gasteiger charge is -2.30. The first-order valence-electron chi connectivity index (χ1n) is 8.01. The van der Waals surface area contributed by atoms with E-state index in [0.29, 0.717) is 0 Å². The molecule has 0 unspecified atom stereocenters. The van der Waals surface area contributed by atoms with Crippen LogP contribution in [0.15, 0.2) is 24.3 Å². The second-order valence-electron chi connectivity index (χ2n) is 6.21. The number of benzene rings is 1. The Labute approximate surface area is 127 Å². The van der Waals surface area contributed by atoms with Gasteiger partial charge in [0.2, 0.25) is 5.91 Å². The van der Waals surface area contributed by atoms with Gasteiger partial charge in [-0.25, -0.2) is 0 Å². The topological polar surface area (TPSA) is 35.6 Å². The van der Waals surface area contributed by atoms with E-state index in [9.17, 15) is 4.79 Å². The van der Waals surface area contributed by atoms with E-state index in [4.69, 9.17) is 0 Å². The molecule has 2 aliphatic rings. The van der Waals surface area contributed by atoms with Gasteiger partial charge in [0.1, 0.15) is 0 Å². The monoisotopic (exact) mass is 287 g/mol. The molecular weight excluding hydrogens is 262 g/mol. The zero-order valence-electron chi connectivity index (χ0n) is 12.8. The van der Waals surface area contributed by atoms with E-state index < -0.39 is 0 Å². The average molecular weight is 287 g/mol. The molecule has 0 saturated carbocycles. The van der Waals surface area contributed by atoms with Crippen LogP contribution in [0.3, 0.4) is 0 Å². The summed E-state index contributed by atoms with van der Waals surface area (Å²) < 4.78 is 0. The van der Waals surface area contributed by atoms with Crippen molar-refractivity contribution in [3.05, 3.63) is 35.4 Å². The highest BCUT2D eigenvalue weighted by Crippen LogP contribution is 2.17. The third-order valence-corrected chi connectivity index (χ3v) is 4.71. The number of hydrogen-bond acceptors (Lipinski definition) is 3. The fourth-order valence-corrected chi connectivity index (χ4v) is 3.30. The van der Waals surface area contributed by atoms with Crippen molar-refractivity contribution in [3.8, 4) is 0 Å². The highest BCUT2D eigenvalue weighted by Gasteiger charge is 2.26. The minimum absolute atomic E-state index is 0.0662. The van der Waals surface area contributed by atoms with Gasteiger partial charge in [0.25, 0.3) is 0 Å². The molecule has 1 aromatic carbocycles. The van der Waals surface area contributed by atoms with Crippen molar-refractivity contribution in [2.45, 2.75) is 31.8 Å². The lowest BCUT2D eigenvalue weighted by atomic mass is 9.95. The summed E-state index contributed by atoms with van der Waals surface area (Å²) in [5, 5.41) is 3.38. The molecule has 1 aromatic rings. The highest BCUT2D eigenvalue weighted by atomic mass is 16.2. The Morgan fingerprint density at radius 1 is 1.29 bits per heavy atom. The van der Waals surface area contributed by atoms with Gasteiger partial charge < -0.3 is 15.1 Å². The molecule has 2 heterocycles. The van der Waals surface area contributed by atoms with Crippen molar-refractivity contribution in [1.82, 2.24) is 15.1 Å². The van der Waals surface area contributed by atoms with Crippen LogP contribution < -0.4 is 5.32 Å². The molecule has 21 heavy (non-hydrogen) atoms. The third-order valence-electron chi connectivity index (χ3n) is 4.71. The van der Waals surface area contributed by atoms with Crippen molar-refractivity contribution in [2.24, 2.45) is 0 Å². The summed E-state index contributed by atoms with van der Waals surface area (Å²) in [5.74, 6) is 0.226. The first-order chi connectivity index (χ1) is 10.2. The molecule has 0 bridgehead atoms. The van der Waals surface area contributed by atoms with Crippen molar-refractivity contribution in [3.63, 3.8) is 0 Å². The number of likely N-dealkylation sites (tertiary alicyclic amines) is 1. The van der Waals surface area contributed by atoms with Crippen LogP contribution in [0, 0.1) is 0 Å². The largest absolute Gasteiger partial charge is 0.343 e. The smallest absolute Gasteiger partial charge is 0.239 e. The number of likely N-dealkylation sites (N-methyl/N-ethyl adjacent to an activating group) is 1. The third kappa shape index (κ3) is 3.44. The van der Waals surface area contributed by atoms with Gasteiger partial charge in [-0.1, -0.05) is 24.3 Å². The number of carbonyl (C=O) groups is 1. The fourth-order valence-electron chi connectivity index (χ4n) is 3.30. The molecule has 0 spiro atoms. The Hall–Kier alpha value is -1.39. The molecule has 1 atom stereocenters. The van der Waals surface area contributed by atoms with E-state index in [-0.39, 0.29) is 11.9 Å². The summed E-state index contributed by atoms with van der Waals surface area (Å²) in [7, 11) is 1.93. The van der Waals surface area contributed by atoms with Crippen molar-refractivity contribution < 1.29 is 4.79 Å². The van der Waals surface area contributed by atoms with Crippen LogP contribution in [-0.2, 0) is 17.8 Å². The molecule has 4 nitrogen and oxygen atoms in total. The normalized spacial score (nSPS) is 22.0. The molecule has 1 saturated heterocycles. The molecule has 4 heteroatoms. The lowest BCUT2D eigenvalue weighted by Crippen LogP contribution is -2.49. The van der Waals surface area contributed by atoms with E-state index in [2.05, 4.69) is 34.5 Å². The minimum atomic E-state index is -0.0662. The molecule has 0 aliphatic carbocycles. The van der Waals surface area contributed by atoms with Crippen molar-refractivity contribution in [1.29, 1.82) is 0 Å². The van der Waals surface area contributed by atoms with Crippen molar-refractivity contribution in [2.75, 3.05) is 33.2 Å². The molecule has 0 aromatic heterocycles. The molecule has 1 N–H and O–H groups in total. The van der Waals surface area contributed by atoms with Gasteiger partial charge >= 0.3 is 0 Å². The van der Waals surface area contributed by atoms with E-state index in [1.807, 2.05) is 11.9 Å². The van der Waals surface area contributed by atoms with E-state index in [1.165, 1.54) is 37.1 Å². The Kier molecular flexibility index (Phi) is 4.56. The molecule has 3 rings (SSSR count). The van der Waals surface area contributed by atoms with Crippen LogP contribution in [0.25, 0.3) is 0 Å². The number of hydrogen-bond donors (Lipinski definition) is 1. The van der Waals surface area contributed by atoms with Gasteiger partial charge in [-0.05, 0) is 43.5 Å². The van der Waals surface area contributed by atoms with Crippen molar-refractivity contribution >= 4 is 5.91 Å². The summed E-state index contributed by atoms with van der Waals surface area (Å²) in [6.45, 7) is 5.02. The van der Waals surface area contributed by atoms with Crippen LogP contribution >= 0.6 is 0 Å². The molecule has 1 amide bonds. The Morgan fingerprint density at radius 2 is 2.00 bits per heavy atom. The molecule has 1 fully saturated rings. The molecule has 2 aliphatic heterocycles. The fraction of sp³-hybridized carbons (Fsp3) is 0.588. The van der Waals surface area contributed by atoms with Gasteiger partial charge in [0.15, 0.2) is 0 Å². The standard InChI is InChI=1S/C17H25N3O/c1-19(10-11-20-8-4-5-9-20)17(21)16-12-14-6-2-3-7-15(14)13-18-16/h2-3,6-7,16,18H,4-5,8-13H2,1H3/t16-/m1/s1. The molecule has 114 valence electrons. The quantitative estimate of drug-likeness (QED) is 0.905. The van der Waals surface area contributed by atoms with E-state index >= 15 is 0 Å². The van der Waals surface area contributed by atoms with Crippen LogP contribution in [0.5, 0.6) is 0 Å². The lowest BCUT2D eigenvalue weighted by molar-refractivity contribution is -0.132. The molecule has 0 radical (unpaired) electrons. The van der Waals surface area contributed by atoms with Gasteiger partial charge in [0, 0.05) is 26.7 Å². The zero-order valence-corrected chi connectivity index (χ0v) is 12.8. The van der Waals surface area contributed by atoms with E-state index in [1.54, 1.807) is 0 Å². The van der Waals surface area contributed by atoms with Gasteiger partial charge in [0.05, 0.1) is 6.04 Å².